The summed E-state index contributed by atoms with van der Waals surface area (Å²) in [4.78, 5) is 14.6. The average molecular weight is 341 g/mol. The average Bonchev–Trinajstić information content (AvgIpc) is 3.36. The fraction of sp³-hybridized carbons (Fsp3) is 0.500. The minimum Gasteiger partial charge on any atom is -0.497 e. The van der Waals surface area contributed by atoms with Gasteiger partial charge in [0.2, 0.25) is 0 Å². The molecule has 3 heterocycles. The fourth-order valence-electron chi connectivity index (χ4n) is 3.78. The van der Waals surface area contributed by atoms with Crippen molar-refractivity contribution in [3.05, 3.63) is 41.5 Å². The summed E-state index contributed by atoms with van der Waals surface area (Å²) < 4.78 is 7.33. The van der Waals surface area contributed by atoms with E-state index in [1.807, 2.05) is 29.2 Å². The lowest BCUT2D eigenvalue weighted by atomic mass is 10.0. The number of hydrogen-bond donors (Lipinski definition) is 1. The first-order valence-corrected chi connectivity index (χ1v) is 8.85. The zero-order valence-electron chi connectivity index (χ0n) is 14.4. The largest absolute Gasteiger partial charge is 0.497 e. The van der Waals surface area contributed by atoms with Crippen molar-refractivity contribution in [2.24, 2.45) is 0 Å². The topological polar surface area (TPSA) is 72.3 Å². The summed E-state index contributed by atoms with van der Waals surface area (Å²) in [7, 11) is 1.66. The van der Waals surface area contributed by atoms with Gasteiger partial charge in [-0.2, -0.15) is 0 Å². The highest BCUT2D eigenvalue weighted by Crippen LogP contribution is 2.32. The number of benzene rings is 1. The summed E-state index contributed by atoms with van der Waals surface area (Å²) in [6, 6.07) is 8.07. The summed E-state index contributed by atoms with van der Waals surface area (Å²) in [5.41, 5.74) is 1.15. The number of aryl methyl sites for hydroxylation is 1. The molecular formula is C18H23N5O2. The Kier molecular flexibility index (Phi) is 4.29. The molecule has 1 N–H and O–H groups in total. The SMILES string of the molecule is COc1ccc(C2CCCN2C(=O)NCc2nnc3n2CCC3)cc1. The second kappa shape index (κ2) is 6.74. The smallest absolute Gasteiger partial charge is 0.318 e. The highest BCUT2D eigenvalue weighted by atomic mass is 16.5. The number of urea groups is 1. The van der Waals surface area contributed by atoms with Crippen molar-refractivity contribution in [3.63, 3.8) is 0 Å². The maximum absolute atomic E-state index is 12.7. The van der Waals surface area contributed by atoms with Gasteiger partial charge in [-0.3, -0.25) is 0 Å². The van der Waals surface area contributed by atoms with Crippen molar-refractivity contribution >= 4 is 6.03 Å². The van der Waals surface area contributed by atoms with Crippen LogP contribution in [0.15, 0.2) is 24.3 Å². The van der Waals surface area contributed by atoms with E-state index in [0.717, 1.165) is 61.7 Å². The molecular weight excluding hydrogens is 318 g/mol. The Balaban J connectivity index is 1.41. The van der Waals surface area contributed by atoms with E-state index in [2.05, 4.69) is 20.1 Å². The second-order valence-corrected chi connectivity index (χ2v) is 6.57. The number of fused-ring (bicyclic) bond motifs is 1. The van der Waals surface area contributed by atoms with Gasteiger partial charge in [0.05, 0.1) is 19.7 Å². The van der Waals surface area contributed by atoms with Gasteiger partial charge in [-0.25, -0.2) is 4.79 Å². The number of amides is 2. The van der Waals surface area contributed by atoms with Gasteiger partial charge in [-0.05, 0) is 37.0 Å². The first-order chi connectivity index (χ1) is 12.3. The van der Waals surface area contributed by atoms with Crippen molar-refractivity contribution in [2.45, 2.75) is 44.8 Å². The molecule has 1 saturated heterocycles. The van der Waals surface area contributed by atoms with Crippen molar-refractivity contribution in [1.82, 2.24) is 25.0 Å². The van der Waals surface area contributed by atoms with Crippen LogP contribution in [-0.2, 0) is 19.5 Å². The molecule has 2 aliphatic rings. The van der Waals surface area contributed by atoms with E-state index in [9.17, 15) is 4.79 Å². The first kappa shape index (κ1) is 15.9. The second-order valence-electron chi connectivity index (χ2n) is 6.57. The van der Waals surface area contributed by atoms with Crippen LogP contribution in [0.5, 0.6) is 5.75 Å². The third-order valence-electron chi connectivity index (χ3n) is 5.10. The lowest BCUT2D eigenvalue weighted by Gasteiger charge is -2.25. The molecule has 0 spiro atoms. The Labute approximate surface area is 147 Å². The molecule has 1 atom stereocenters. The van der Waals surface area contributed by atoms with Crippen molar-refractivity contribution < 1.29 is 9.53 Å². The van der Waals surface area contributed by atoms with Crippen molar-refractivity contribution in [3.8, 4) is 5.75 Å². The predicted octanol–water partition coefficient (Wildman–Crippen LogP) is 2.28. The molecule has 132 valence electrons. The van der Waals surface area contributed by atoms with Gasteiger partial charge < -0.3 is 19.5 Å². The van der Waals surface area contributed by atoms with E-state index >= 15 is 0 Å². The van der Waals surface area contributed by atoms with Crippen LogP contribution in [0.2, 0.25) is 0 Å². The fourth-order valence-corrected chi connectivity index (χ4v) is 3.78. The molecule has 4 rings (SSSR count). The molecule has 1 fully saturated rings. The molecule has 0 radical (unpaired) electrons. The Morgan fingerprint density at radius 1 is 1.24 bits per heavy atom. The summed E-state index contributed by atoms with van der Waals surface area (Å²) in [6.45, 7) is 2.16. The monoisotopic (exact) mass is 341 g/mol. The third-order valence-corrected chi connectivity index (χ3v) is 5.10. The van der Waals surface area contributed by atoms with Gasteiger partial charge in [0.25, 0.3) is 0 Å². The number of ether oxygens (including phenoxy) is 1. The number of rotatable bonds is 4. The molecule has 2 aromatic rings. The Morgan fingerprint density at radius 2 is 2.08 bits per heavy atom. The number of aromatic nitrogens is 3. The summed E-state index contributed by atoms with van der Waals surface area (Å²) >= 11 is 0. The van der Waals surface area contributed by atoms with E-state index in [1.54, 1.807) is 7.11 Å². The Hall–Kier alpha value is -2.57. The van der Waals surface area contributed by atoms with E-state index in [0.29, 0.717) is 6.54 Å². The number of nitrogens with zero attached hydrogens (tertiary/aromatic N) is 4. The number of nitrogens with one attached hydrogen (secondary N) is 1. The zero-order chi connectivity index (χ0) is 17.2. The van der Waals surface area contributed by atoms with Crippen LogP contribution in [0.1, 0.15) is 42.5 Å². The Bertz CT molecular complexity index is 755. The highest BCUT2D eigenvalue weighted by Gasteiger charge is 2.30. The van der Waals surface area contributed by atoms with Crippen molar-refractivity contribution in [1.29, 1.82) is 0 Å². The van der Waals surface area contributed by atoms with E-state index < -0.39 is 0 Å². The molecule has 7 nitrogen and oxygen atoms in total. The first-order valence-electron chi connectivity index (χ1n) is 8.85. The molecule has 1 aromatic carbocycles. The van der Waals surface area contributed by atoms with E-state index in [4.69, 9.17) is 4.74 Å². The predicted molar refractivity (Wildman–Crippen MR) is 92.3 cm³/mol. The van der Waals surface area contributed by atoms with Crippen LogP contribution in [0.3, 0.4) is 0 Å². The summed E-state index contributed by atoms with van der Waals surface area (Å²) in [6.07, 6.45) is 4.09. The number of hydrogen-bond acceptors (Lipinski definition) is 4. The number of carbonyl (C=O) groups is 1. The molecule has 2 aliphatic heterocycles. The number of likely N-dealkylation sites (tertiary alicyclic amines) is 1. The zero-order valence-corrected chi connectivity index (χ0v) is 14.4. The Morgan fingerprint density at radius 3 is 2.88 bits per heavy atom. The van der Waals surface area contributed by atoms with Gasteiger partial charge in [0, 0.05) is 19.5 Å². The van der Waals surface area contributed by atoms with Crippen LogP contribution < -0.4 is 10.1 Å². The van der Waals surface area contributed by atoms with Gasteiger partial charge in [0.1, 0.15) is 11.6 Å². The molecule has 7 heteroatoms. The molecule has 2 amide bonds. The molecule has 25 heavy (non-hydrogen) atoms. The van der Waals surface area contributed by atoms with Crippen molar-refractivity contribution in [2.75, 3.05) is 13.7 Å². The minimum absolute atomic E-state index is 0.0336. The van der Waals surface area contributed by atoms with Crippen LogP contribution in [0.4, 0.5) is 4.79 Å². The highest BCUT2D eigenvalue weighted by molar-refractivity contribution is 5.75. The molecule has 0 aliphatic carbocycles. The van der Waals surface area contributed by atoms with Gasteiger partial charge >= 0.3 is 6.03 Å². The normalized spacial score (nSPS) is 19.1. The number of methoxy groups -OCH3 is 1. The summed E-state index contributed by atoms with van der Waals surface area (Å²) in [5.74, 6) is 2.71. The summed E-state index contributed by atoms with van der Waals surface area (Å²) in [5, 5.41) is 11.4. The maximum Gasteiger partial charge on any atom is 0.318 e. The van der Waals surface area contributed by atoms with E-state index in [-0.39, 0.29) is 12.1 Å². The molecule has 1 unspecified atom stereocenters. The van der Waals surface area contributed by atoms with E-state index in [1.165, 1.54) is 0 Å². The number of carbonyl (C=O) groups excluding carboxylic acids is 1. The van der Waals surface area contributed by atoms with Crippen LogP contribution >= 0.6 is 0 Å². The minimum atomic E-state index is -0.0336. The molecule has 0 bridgehead atoms. The standard InChI is InChI=1S/C18H23N5O2/c1-25-14-8-6-13(7-9-14)15-4-2-10-22(15)18(24)19-12-17-21-20-16-5-3-11-23(16)17/h6-9,15H,2-5,10-12H2,1H3,(H,19,24). The van der Waals surface area contributed by atoms with Gasteiger partial charge in [-0.1, -0.05) is 12.1 Å². The molecule has 0 saturated carbocycles. The van der Waals surface area contributed by atoms with Crippen LogP contribution in [0, 0.1) is 0 Å². The van der Waals surface area contributed by atoms with Gasteiger partial charge in [0.15, 0.2) is 5.82 Å². The quantitative estimate of drug-likeness (QED) is 0.926. The van der Waals surface area contributed by atoms with Crippen LogP contribution in [-0.4, -0.2) is 39.4 Å². The van der Waals surface area contributed by atoms with Gasteiger partial charge in [-0.15, -0.1) is 10.2 Å². The maximum atomic E-state index is 12.7. The molecule has 1 aromatic heterocycles. The lowest BCUT2D eigenvalue weighted by molar-refractivity contribution is 0.192. The lowest BCUT2D eigenvalue weighted by Crippen LogP contribution is -2.39. The third kappa shape index (κ3) is 3.06. The van der Waals surface area contributed by atoms with Crippen LogP contribution in [0.25, 0.3) is 0 Å².